The van der Waals surface area contributed by atoms with Crippen molar-refractivity contribution in [2.24, 2.45) is 10.8 Å². The summed E-state index contributed by atoms with van der Waals surface area (Å²) in [6, 6.07) is 22.9. The van der Waals surface area contributed by atoms with Crippen LogP contribution in [0.15, 0.2) is 76.7 Å². The van der Waals surface area contributed by atoms with E-state index < -0.39 is 0 Å². The van der Waals surface area contributed by atoms with Crippen molar-refractivity contribution in [3.05, 3.63) is 78.0 Å². The van der Waals surface area contributed by atoms with Crippen LogP contribution in [0.25, 0.3) is 43.6 Å². The summed E-state index contributed by atoms with van der Waals surface area (Å²) in [7, 11) is 0. The quantitative estimate of drug-likeness (QED) is 0.231. The number of pyridine rings is 1. The standard InChI is InChI=1S/C33H33NS/c1-32(2,3)18-20-11-12-22-17-28-29-24(25(22)15-20)13-14-34-30(29)26-16-21-9-7-8-10-23(21)27(31(26)35-28)19-33(4,5)6/h7-17H,18-19H2,1-6H3. The maximum absolute atomic E-state index is 5.00. The number of nitrogens with zero attached hydrogens (tertiary/aromatic N) is 1. The van der Waals surface area contributed by atoms with Gasteiger partial charge in [-0.05, 0) is 79.9 Å². The van der Waals surface area contributed by atoms with Gasteiger partial charge in [0.25, 0.3) is 0 Å². The highest BCUT2D eigenvalue weighted by Gasteiger charge is 2.27. The van der Waals surface area contributed by atoms with Gasteiger partial charge in [0.05, 0.1) is 5.69 Å². The Labute approximate surface area is 213 Å². The summed E-state index contributed by atoms with van der Waals surface area (Å²) in [4.78, 5) is 7.71. The largest absolute Gasteiger partial charge is 0.256 e. The zero-order chi connectivity index (χ0) is 24.5. The van der Waals surface area contributed by atoms with Crippen molar-refractivity contribution in [1.82, 2.24) is 4.98 Å². The van der Waals surface area contributed by atoms with Crippen LogP contribution in [0.4, 0.5) is 0 Å². The Morgan fingerprint density at radius 3 is 2.23 bits per heavy atom. The molecular weight excluding hydrogens is 442 g/mol. The highest BCUT2D eigenvalue weighted by Crippen LogP contribution is 2.52. The van der Waals surface area contributed by atoms with E-state index in [-0.39, 0.29) is 10.8 Å². The van der Waals surface area contributed by atoms with Crippen LogP contribution >= 0.6 is 11.8 Å². The van der Waals surface area contributed by atoms with Gasteiger partial charge in [0, 0.05) is 26.9 Å². The Bertz CT molecular complexity index is 1630. The van der Waals surface area contributed by atoms with Gasteiger partial charge in [0.2, 0.25) is 0 Å². The molecule has 1 aliphatic rings. The van der Waals surface area contributed by atoms with E-state index in [1.54, 1.807) is 0 Å². The Morgan fingerprint density at radius 2 is 1.46 bits per heavy atom. The molecule has 176 valence electrons. The molecule has 2 heterocycles. The van der Waals surface area contributed by atoms with Gasteiger partial charge in [0.15, 0.2) is 0 Å². The second-order valence-electron chi connectivity index (χ2n) is 12.5. The minimum absolute atomic E-state index is 0.199. The van der Waals surface area contributed by atoms with Gasteiger partial charge < -0.3 is 0 Å². The number of rotatable bonds is 2. The second kappa shape index (κ2) is 7.83. The Kier molecular flexibility index (Phi) is 5.06. The van der Waals surface area contributed by atoms with Crippen molar-refractivity contribution in [2.75, 3.05) is 0 Å². The fourth-order valence-corrected chi connectivity index (χ4v) is 6.92. The summed E-state index contributed by atoms with van der Waals surface area (Å²) in [6.45, 7) is 13.9. The first-order valence-electron chi connectivity index (χ1n) is 12.6. The van der Waals surface area contributed by atoms with Crippen molar-refractivity contribution >= 4 is 44.1 Å². The van der Waals surface area contributed by atoms with Crippen molar-refractivity contribution in [3.63, 3.8) is 0 Å². The molecule has 0 spiro atoms. The molecule has 0 amide bonds. The Hall–Kier alpha value is -2.84. The highest BCUT2D eigenvalue weighted by molar-refractivity contribution is 8.00. The van der Waals surface area contributed by atoms with E-state index in [1.165, 1.54) is 58.8 Å². The van der Waals surface area contributed by atoms with Crippen LogP contribution in [0.2, 0.25) is 0 Å². The number of fused-ring (bicyclic) bond motifs is 5. The first-order valence-corrected chi connectivity index (χ1v) is 13.5. The van der Waals surface area contributed by atoms with E-state index in [0.717, 1.165) is 18.5 Å². The van der Waals surface area contributed by atoms with Crippen LogP contribution in [0.1, 0.15) is 52.7 Å². The van der Waals surface area contributed by atoms with Crippen LogP contribution in [0, 0.1) is 10.8 Å². The lowest BCUT2D eigenvalue weighted by Crippen LogP contribution is -2.12. The van der Waals surface area contributed by atoms with E-state index in [2.05, 4.69) is 102 Å². The Balaban J connectivity index is 1.65. The molecular formula is C33H33NS. The lowest BCUT2D eigenvalue weighted by molar-refractivity contribution is 0.410. The molecule has 0 N–H and O–H groups in total. The first-order chi connectivity index (χ1) is 16.6. The molecule has 4 aromatic carbocycles. The monoisotopic (exact) mass is 475 g/mol. The van der Waals surface area contributed by atoms with E-state index >= 15 is 0 Å². The molecule has 0 atom stereocenters. The fraction of sp³-hybridized carbons (Fsp3) is 0.303. The zero-order valence-corrected chi connectivity index (χ0v) is 22.4. The van der Waals surface area contributed by atoms with Gasteiger partial charge in [-0.3, -0.25) is 4.98 Å². The summed E-state index contributed by atoms with van der Waals surface area (Å²) in [5.74, 6) is 0. The van der Waals surface area contributed by atoms with Crippen molar-refractivity contribution < 1.29 is 0 Å². The molecule has 5 aromatic rings. The smallest absolute Gasteiger partial charge is 0.0803 e. The summed E-state index contributed by atoms with van der Waals surface area (Å²) in [5, 5.41) is 7.97. The summed E-state index contributed by atoms with van der Waals surface area (Å²) in [5.41, 5.74) is 5.75. The minimum atomic E-state index is 0.199. The summed E-state index contributed by atoms with van der Waals surface area (Å²) >= 11 is 1.95. The Morgan fingerprint density at radius 1 is 0.714 bits per heavy atom. The van der Waals surface area contributed by atoms with Crippen LogP contribution in [0.5, 0.6) is 0 Å². The SMILES string of the molecule is CC(C)(C)Cc1ccc2cc3c4c(nccc4c2c1)-c1cc2ccccc2c(CC(C)(C)C)c1S3. The second-order valence-corrected chi connectivity index (χ2v) is 13.6. The van der Waals surface area contributed by atoms with E-state index in [1.807, 2.05) is 18.0 Å². The van der Waals surface area contributed by atoms with Crippen molar-refractivity contribution in [2.45, 2.75) is 64.2 Å². The molecule has 2 heteroatoms. The van der Waals surface area contributed by atoms with Gasteiger partial charge in [-0.2, -0.15) is 0 Å². The third kappa shape index (κ3) is 4.02. The van der Waals surface area contributed by atoms with Gasteiger partial charge in [-0.1, -0.05) is 95.8 Å². The molecule has 1 aliphatic heterocycles. The summed E-state index contributed by atoms with van der Waals surface area (Å²) < 4.78 is 0. The van der Waals surface area contributed by atoms with Crippen LogP contribution < -0.4 is 0 Å². The number of aromatic nitrogens is 1. The normalized spacial score (nSPS) is 13.5. The topological polar surface area (TPSA) is 12.9 Å². The van der Waals surface area contributed by atoms with Gasteiger partial charge >= 0.3 is 0 Å². The molecule has 0 unspecified atom stereocenters. The van der Waals surface area contributed by atoms with E-state index in [9.17, 15) is 0 Å². The zero-order valence-electron chi connectivity index (χ0n) is 21.6. The average molecular weight is 476 g/mol. The van der Waals surface area contributed by atoms with Crippen LogP contribution in [-0.4, -0.2) is 4.98 Å². The molecule has 0 bridgehead atoms. The van der Waals surface area contributed by atoms with E-state index in [4.69, 9.17) is 4.98 Å². The number of hydrogen-bond acceptors (Lipinski definition) is 2. The summed E-state index contributed by atoms with van der Waals surface area (Å²) in [6.07, 6.45) is 4.12. The molecule has 1 aromatic heterocycles. The maximum atomic E-state index is 5.00. The predicted molar refractivity (Wildman–Crippen MR) is 153 cm³/mol. The highest BCUT2D eigenvalue weighted by atomic mass is 32.2. The van der Waals surface area contributed by atoms with E-state index in [0.29, 0.717) is 0 Å². The molecule has 0 saturated heterocycles. The molecule has 1 nitrogen and oxygen atoms in total. The number of benzene rings is 4. The molecule has 0 saturated carbocycles. The molecule has 35 heavy (non-hydrogen) atoms. The lowest BCUT2D eigenvalue weighted by atomic mass is 9.84. The van der Waals surface area contributed by atoms with Crippen LogP contribution in [0.3, 0.4) is 0 Å². The molecule has 0 fully saturated rings. The predicted octanol–water partition coefficient (Wildman–Crippen LogP) is 9.85. The van der Waals surface area contributed by atoms with Crippen LogP contribution in [-0.2, 0) is 12.8 Å². The minimum Gasteiger partial charge on any atom is -0.256 e. The third-order valence-electron chi connectivity index (χ3n) is 6.91. The number of hydrogen-bond donors (Lipinski definition) is 0. The molecule has 6 rings (SSSR count). The third-order valence-corrected chi connectivity index (χ3v) is 8.12. The van der Waals surface area contributed by atoms with Gasteiger partial charge in [0.1, 0.15) is 0 Å². The first kappa shape index (κ1) is 22.6. The maximum Gasteiger partial charge on any atom is 0.0803 e. The lowest BCUT2D eigenvalue weighted by Gasteiger charge is -2.27. The van der Waals surface area contributed by atoms with Crippen molar-refractivity contribution in [1.29, 1.82) is 0 Å². The fourth-order valence-electron chi connectivity index (χ4n) is 5.63. The van der Waals surface area contributed by atoms with Crippen molar-refractivity contribution in [3.8, 4) is 11.3 Å². The van der Waals surface area contributed by atoms with Gasteiger partial charge in [-0.25, -0.2) is 0 Å². The van der Waals surface area contributed by atoms with Gasteiger partial charge in [-0.15, -0.1) is 0 Å². The molecule has 0 aliphatic carbocycles. The average Bonchev–Trinajstić information content (AvgIpc) is 2.78. The molecule has 0 radical (unpaired) electrons.